The zero-order valence-electron chi connectivity index (χ0n) is 15.8. The molecule has 3 rings (SSSR count). The first-order valence-corrected chi connectivity index (χ1v) is 19.5. The predicted molar refractivity (Wildman–Crippen MR) is 107 cm³/mol. The van der Waals surface area contributed by atoms with Crippen molar-refractivity contribution in [3.8, 4) is 0 Å². The SMILES string of the molecule is CC(C)=C1C=CC=C2C(=C(C3=C(C)C=CC3C)C(C)=[C]2[Hf]([Cl])[Cl])C1C. The quantitative estimate of drug-likeness (QED) is 0.320. The van der Waals surface area contributed by atoms with Gasteiger partial charge in [0.25, 0.3) is 0 Å². The summed E-state index contributed by atoms with van der Waals surface area (Å²) in [5, 5.41) is 0. The van der Waals surface area contributed by atoms with Crippen molar-refractivity contribution in [1.29, 1.82) is 0 Å². The summed E-state index contributed by atoms with van der Waals surface area (Å²) in [5.41, 5.74) is 11.1. The molecule has 0 spiro atoms. The third-order valence-electron chi connectivity index (χ3n) is 5.57. The van der Waals surface area contributed by atoms with Gasteiger partial charge in [-0.25, -0.2) is 0 Å². The van der Waals surface area contributed by atoms with Crippen LogP contribution in [0.15, 0.2) is 78.3 Å². The molecule has 3 aliphatic carbocycles. The van der Waals surface area contributed by atoms with E-state index in [4.69, 9.17) is 17.2 Å². The van der Waals surface area contributed by atoms with Crippen molar-refractivity contribution >= 4 is 17.2 Å². The van der Waals surface area contributed by atoms with E-state index in [1.807, 2.05) is 0 Å². The van der Waals surface area contributed by atoms with Gasteiger partial charge in [0.1, 0.15) is 0 Å². The first-order chi connectivity index (χ1) is 11.8. The molecule has 131 valence electrons. The molecule has 0 N–H and O–H groups in total. The summed E-state index contributed by atoms with van der Waals surface area (Å²) >= 11 is -2.74. The van der Waals surface area contributed by atoms with Crippen molar-refractivity contribution < 1.29 is 19.1 Å². The molecule has 2 unspecified atom stereocenters. The van der Waals surface area contributed by atoms with Crippen LogP contribution in [0.1, 0.15) is 41.5 Å². The van der Waals surface area contributed by atoms with E-state index in [9.17, 15) is 0 Å². The topological polar surface area (TPSA) is 0 Å². The van der Waals surface area contributed by atoms with Gasteiger partial charge in [-0.1, -0.05) is 0 Å². The third kappa shape index (κ3) is 3.22. The Labute approximate surface area is 167 Å². The van der Waals surface area contributed by atoms with Crippen molar-refractivity contribution in [2.24, 2.45) is 11.8 Å². The second kappa shape index (κ2) is 7.33. The van der Waals surface area contributed by atoms with Crippen molar-refractivity contribution in [3.05, 3.63) is 78.3 Å². The third-order valence-corrected chi connectivity index (χ3v) is 12.3. The summed E-state index contributed by atoms with van der Waals surface area (Å²) in [6, 6.07) is 0. The molecule has 2 atom stereocenters. The Balaban J connectivity index is 2.32. The molecule has 0 nitrogen and oxygen atoms in total. The van der Waals surface area contributed by atoms with Gasteiger partial charge < -0.3 is 0 Å². The molecule has 3 heteroatoms. The second-order valence-corrected chi connectivity index (χ2v) is 18.8. The Morgan fingerprint density at radius 2 is 1.72 bits per heavy atom. The molecule has 0 heterocycles. The van der Waals surface area contributed by atoms with Crippen LogP contribution in [0.3, 0.4) is 0 Å². The molecular formula is C22H25Cl2Hf. The minimum absolute atomic E-state index is 0.351. The Morgan fingerprint density at radius 1 is 1.04 bits per heavy atom. The Bertz CT molecular complexity index is 837. The standard InChI is InChI=1S/C22H25.2ClH.Hf/c1-13(2)19-9-7-8-18-12-16(5)21(22(18)17(19)6)20-14(3)10-11-15(20)4;;;/h7-11,14,17H,1-6H3;2*1H;/q;;;+2/p-2. The van der Waals surface area contributed by atoms with E-state index in [1.165, 1.54) is 47.9 Å². The van der Waals surface area contributed by atoms with Crippen LogP contribution in [0.25, 0.3) is 0 Å². The molecule has 0 aromatic heterocycles. The van der Waals surface area contributed by atoms with Crippen LogP contribution >= 0.6 is 17.2 Å². The molecule has 3 aliphatic rings. The Kier molecular flexibility index (Phi) is 5.69. The molecule has 0 aliphatic heterocycles. The Morgan fingerprint density at radius 3 is 2.24 bits per heavy atom. The van der Waals surface area contributed by atoms with Gasteiger partial charge in [-0.2, -0.15) is 0 Å². The number of hydrogen-bond acceptors (Lipinski definition) is 0. The van der Waals surface area contributed by atoms with Gasteiger partial charge in [0.2, 0.25) is 0 Å². The first-order valence-electron chi connectivity index (χ1n) is 8.85. The molecule has 0 radical (unpaired) electrons. The van der Waals surface area contributed by atoms with Crippen molar-refractivity contribution in [3.63, 3.8) is 0 Å². The number of fused-ring (bicyclic) bond motifs is 1. The van der Waals surface area contributed by atoms with Gasteiger partial charge in [0.15, 0.2) is 0 Å². The number of allylic oxidation sites excluding steroid dienone is 14. The summed E-state index contributed by atoms with van der Waals surface area (Å²) in [7, 11) is 13.3. The van der Waals surface area contributed by atoms with E-state index in [-0.39, 0.29) is 0 Å². The molecule has 0 saturated carbocycles. The summed E-state index contributed by atoms with van der Waals surface area (Å²) in [6.45, 7) is 13.5. The van der Waals surface area contributed by atoms with Gasteiger partial charge in [0.05, 0.1) is 0 Å². The van der Waals surface area contributed by atoms with E-state index in [1.54, 1.807) is 0 Å². The fourth-order valence-corrected chi connectivity index (χ4v) is 11.4. The van der Waals surface area contributed by atoms with Gasteiger partial charge in [0, 0.05) is 0 Å². The van der Waals surface area contributed by atoms with E-state index in [2.05, 4.69) is 71.9 Å². The van der Waals surface area contributed by atoms with Crippen molar-refractivity contribution in [2.45, 2.75) is 41.5 Å². The van der Waals surface area contributed by atoms with Gasteiger partial charge in [-0.15, -0.1) is 0 Å². The molecule has 0 bridgehead atoms. The van der Waals surface area contributed by atoms with E-state index in [0.717, 1.165) is 0 Å². The van der Waals surface area contributed by atoms with Crippen LogP contribution in [0, 0.1) is 11.8 Å². The van der Waals surface area contributed by atoms with Crippen LogP contribution in [-0.4, -0.2) is 0 Å². The predicted octanol–water partition coefficient (Wildman–Crippen LogP) is 7.49. The van der Waals surface area contributed by atoms with E-state index in [0.29, 0.717) is 11.8 Å². The Hall–Kier alpha value is -0.370. The zero-order valence-corrected chi connectivity index (χ0v) is 20.9. The minimum atomic E-state index is -2.74. The average Bonchev–Trinajstić information content (AvgIpc) is 2.92. The van der Waals surface area contributed by atoms with Crippen LogP contribution < -0.4 is 0 Å². The maximum absolute atomic E-state index is 6.63. The molecule has 0 saturated heterocycles. The summed E-state index contributed by atoms with van der Waals surface area (Å²) in [6.07, 6.45) is 11.2. The monoisotopic (exact) mass is 539 g/mol. The number of halogens is 2. The normalized spacial score (nSPS) is 25.8. The number of hydrogen-bond donors (Lipinski definition) is 0. The van der Waals surface area contributed by atoms with Crippen LogP contribution in [-0.2, 0) is 19.1 Å². The molecular weight excluding hydrogens is 514 g/mol. The van der Waals surface area contributed by atoms with Crippen molar-refractivity contribution in [2.75, 3.05) is 0 Å². The summed E-state index contributed by atoms with van der Waals surface area (Å²) < 4.78 is 1.28. The molecule has 25 heavy (non-hydrogen) atoms. The average molecular weight is 539 g/mol. The van der Waals surface area contributed by atoms with E-state index < -0.39 is 19.1 Å². The van der Waals surface area contributed by atoms with Gasteiger partial charge >= 0.3 is 168 Å². The molecule has 0 amide bonds. The summed E-state index contributed by atoms with van der Waals surface area (Å²) in [4.78, 5) is 0. The van der Waals surface area contributed by atoms with Gasteiger partial charge in [-0.3, -0.25) is 0 Å². The van der Waals surface area contributed by atoms with Crippen molar-refractivity contribution in [1.82, 2.24) is 0 Å². The van der Waals surface area contributed by atoms with Crippen LogP contribution in [0.2, 0.25) is 0 Å². The zero-order chi connectivity index (χ0) is 18.5. The van der Waals surface area contributed by atoms with Gasteiger partial charge in [-0.05, 0) is 0 Å². The summed E-state index contributed by atoms with van der Waals surface area (Å²) in [5.74, 6) is 0.792. The first kappa shape index (κ1) is 19.4. The van der Waals surface area contributed by atoms with E-state index >= 15 is 0 Å². The molecule has 0 fully saturated rings. The second-order valence-electron chi connectivity index (χ2n) is 7.41. The fourth-order valence-electron chi connectivity index (χ4n) is 4.42. The fraction of sp³-hybridized carbons (Fsp3) is 0.364. The van der Waals surface area contributed by atoms with Crippen LogP contribution in [0.4, 0.5) is 0 Å². The maximum atomic E-state index is 6.63. The molecule has 0 aromatic rings. The molecule has 0 aromatic carbocycles. The number of rotatable bonds is 2. The van der Waals surface area contributed by atoms with Crippen LogP contribution in [0.5, 0.6) is 0 Å².